The van der Waals surface area contributed by atoms with E-state index in [4.69, 9.17) is 0 Å². The summed E-state index contributed by atoms with van der Waals surface area (Å²) in [6.07, 6.45) is 0. The first kappa shape index (κ1) is 22.6. The Kier molecular flexibility index (Phi) is 6.48. The van der Waals surface area contributed by atoms with Gasteiger partial charge in [0.05, 0.1) is 21.2 Å². The molecule has 0 aliphatic heterocycles. The largest absolute Gasteiger partial charge is 0.298 e. The number of hydrogen-bond donors (Lipinski definition) is 1. The molecular formula is C25H20N2O4S2. The molecule has 0 spiro atoms. The molecule has 33 heavy (non-hydrogen) atoms. The zero-order valence-corrected chi connectivity index (χ0v) is 19.3. The monoisotopic (exact) mass is 476 g/mol. The van der Waals surface area contributed by atoms with Crippen molar-refractivity contribution in [2.75, 3.05) is 5.32 Å². The van der Waals surface area contributed by atoms with Crippen molar-refractivity contribution in [3.63, 3.8) is 0 Å². The zero-order chi connectivity index (χ0) is 23.4. The lowest BCUT2D eigenvalue weighted by molar-refractivity contribution is 0.101. The fourth-order valence-electron chi connectivity index (χ4n) is 3.31. The van der Waals surface area contributed by atoms with E-state index in [0.29, 0.717) is 26.8 Å². The molecule has 166 valence electrons. The second kappa shape index (κ2) is 9.48. The maximum absolute atomic E-state index is 12.9. The molecule has 3 aromatic carbocycles. The molecule has 1 aromatic heterocycles. The maximum atomic E-state index is 12.9. The van der Waals surface area contributed by atoms with E-state index in [1.807, 2.05) is 30.3 Å². The van der Waals surface area contributed by atoms with E-state index < -0.39 is 15.7 Å². The molecule has 0 aliphatic carbocycles. The number of amides is 1. The van der Waals surface area contributed by atoms with Gasteiger partial charge < -0.3 is 0 Å². The van der Waals surface area contributed by atoms with Crippen LogP contribution in [0.3, 0.4) is 0 Å². The molecule has 1 N–H and O–H groups in total. The van der Waals surface area contributed by atoms with Gasteiger partial charge in [0.1, 0.15) is 0 Å². The average Bonchev–Trinajstić information content (AvgIpc) is 3.24. The zero-order valence-electron chi connectivity index (χ0n) is 17.7. The third-order valence-electron chi connectivity index (χ3n) is 4.86. The molecule has 0 saturated carbocycles. The summed E-state index contributed by atoms with van der Waals surface area (Å²) in [7, 11) is -3.54. The number of nitrogens with one attached hydrogen (secondary N) is 1. The number of carbonyl (C=O) groups excluding carboxylic acids is 2. The number of carbonyl (C=O) groups is 2. The first-order chi connectivity index (χ1) is 15.8. The van der Waals surface area contributed by atoms with Gasteiger partial charge in [-0.1, -0.05) is 72.0 Å². The van der Waals surface area contributed by atoms with Crippen LogP contribution in [0.25, 0.3) is 11.3 Å². The van der Waals surface area contributed by atoms with Gasteiger partial charge >= 0.3 is 0 Å². The first-order valence-electron chi connectivity index (χ1n) is 10.1. The van der Waals surface area contributed by atoms with Gasteiger partial charge in [0.2, 0.25) is 0 Å². The Hall–Kier alpha value is -3.62. The van der Waals surface area contributed by atoms with Crippen LogP contribution in [0.5, 0.6) is 0 Å². The Morgan fingerprint density at radius 1 is 0.909 bits per heavy atom. The Morgan fingerprint density at radius 3 is 2.24 bits per heavy atom. The van der Waals surface area contributed by atoms with E-state index in [-0.39, 0.29) is 16.4 Å². The van der Waals surface area contributed by atoms with Crippen LogP contribution in [0.2, 0.25) is 0 Å². The molecule has 0 radical (unpaired) electrons. The van der Waals surface area contributed by atoms with Crippen molar-refractivity contribution in [1.82, 2.24) is 4.98 Å². The molecule has 4 rings (SSSR count). The summed E-state index contributed by atoms with van der Waals surface area (Å²) >= 11 is 1.11. The molecular weight excluding hydrogens is 456 g/mol. The summed E-state index contributed by atoms with van der Waals surface area (Å²) in [5.74, 6) is -0.792. The first-order valence-corrected chi connectivity index (χ1v) is 12.6. The average molecular weight is 477 g/mol. The number of rotatable bonds is 7. The third kappa shape index (κ3) is 5.24. The number of aromatic nitrogens is 1. The van der Waals surface area contributed by atoms with Gasteiger partial charge in [-0.3, -0.25) is 14.9 Å². The Bertz CT molecular complexity index is 1410. The Balaban J connectivity index is 1.56. The fraction of sp³-hybridized carbons (Fsp3) is 0.0800. The number of anilines is 1. The highest BCUT2D eigenvalue weighted by Gasteiger charge is 2.19. The van der Waals surface area contributed by atoms with E-state index in [1.54, 1.807) is 54.6 Å². The molecule has 6 nitrogen and oxygen atoms in total. The van der Waals surface area contributed by atoms with Crippen molar-refractivity contribution >= 4 is 38.0 Å². The van der Waals surface area contributed by atoms with Gasteiger partial charge in [-0.15, -0.1) is 0 Å². The van der Waals surface area contributed by atoms with Crippen molar-refractivity contribution in [1.29, 1.82) is 0 Å². The second-order valence-corrected chi connectivity index (χ2v) is 10.3. The standard InChI is InChI=1S/C25H20N2O4S2/c1-17(28)23-22(19-10-4-2-5-11-19)26-25(32-23)27-24(29)20-12-8-9-18(15-20)16-33(30,31)21-13-6-3-7-14-21/h2-15H,16H2,1H3,(H,26,27,29). The highest BCUT2D eigenvalue weighted by molar-refractivity contribution is 7.90. The predicted octanol–water partition coefficient (Wildman–Crippen LogP) is 5.24. The predicted molar refractivity (Wildman–Crippen MR) is 129 cm³/mol. The van der Waals surface area contributed by atoms with Crippen LogP contribution in [0.1, 0.15) is 32.5 Å². The number of Topliss-reactive ketones (excluding diaryl/α,β-unsaturated/α-hetero) is 1. The Labute approximate surface area is 195 Å². The molecule has 4 aromatic rings. The molecule has 0 unspecified atom stereocenters. The van der Waals surface area contributed by atoms with Crippen LogP contribution in [0.15, 0.2) is 89.8 Å². The molecule has 0 saturated heterocycles. The minimum absolute atomic E-state index is 0.139. The van der Waals surface area contributed by atoms with Crippen molar-refractivity contribution in [2.24, 2.45) is 0 Å². The number of thiazole rings is 1. The van der Waals surface area contributed by atoms with E-state index in [1.165, 1.54) is 6.92 Å². The van der Waals surface area contributed by atoms with Crippen molar-refractivity contribution in [3.8, 4) is 11.3 Å². The second-order valence-electron chi connectivity index (χ2n) is 7.35. The van der Waals surface area contributed by atoms with Gasteiger partial charge in [0.25, 0.3) is 5.91 Å². The quantitative estimate of drug-likeness (QED) is 0.368. The van der Waals surface area contributed by atoms with Gasteiger partial charge in [-0.05, 0) is 29.8 Å². The number of hydrogen-bond acceptors (Lipinski definition) is 6. The van der Waals surface area contributed by atoms with Crippen molar-refractivity contribution < 1.29 is 18.0 Å². The molecule has 0 aliphatic rings. The molecule has 1 amide bonds. The normalized spacial score (nSPS) is 11.2. The highest BCUT2D eigenvalue weighted by atomic mass is 32.2. The van der Waals surface area contributed by atoms with Crippen molar-refractivity contribution in [2.45, 2.75) is 17.6 Å². The molecule has 1 heterocycles. The minimum atomic E-state index is -3.54. The summed E-state index contributed by atoms with van der Waals surface area (Å²) in [6, 6.07) is 23.9. The van der Waals surface area contributed by atoms with Crippen LogP contribution in [-0.4, -0.2) is 25.1 Å². The van der Waals surface area contributed by atoms with Gasteiger partial charge in [0, 0.05) is 18.1 Å². The van der Waals surface area contributed by atoms with Crippen LogP contribution in [-0.2, 0) is 15.6 Å². The lowest BCUT2D eigenvalue weighted by atomic mass is 10.1. The van der Waals surface area contributed by atoms with Crippen molar-refractivity contribution in [3.05, 3.63) is 101 Å². The van der Waals surface area contributed by atoms with Gasteiger partial charge in [-0.2, -0.15) is 0 Å². The molecule has 0 fully saturated rings. The van der Waals surface area contributed by atoms with Crippen LogP contribution in [0.4, 0.5) is 5.13 Å². The summed E-state index contributed by atoms with van der Waals surface area (Å²) in [5.41, 5.74) is 2.11. The number of nitrogens with zero attached hydrogens (tertiary/aromatic N) is 1. The molecule has 0 bridgehead atoms. The summed E-state index contributed by atoms with van der Waals surface area (Å²) in [6.45, 7) is 1.46. The SMILES string of the molecule is CC(=O)c1sc(NC(=O)c2cccc(CS(=O)(=O)c3ccccc3)c2)nc1-c1ccccc1. The number of sulfone groups is 1. The fourth-order valence-corrected chi connectivity index (χ4v) is 5.54. The minimum Gasteiger partial charge on any atom is -0.298 e. The summed E-state index contributed by atoms with van der Waals surface area (Å²) in [5, 5.41) is 3.03. The summed E-state index contributed by atoms with van der Waals surface area (Å²) in [4.78, 5) is 30.1. The van der Waals surface area contributed by atoms with Gasteiger partial charge in [0.15, 0.2) is 20.8 Å². The number of benzene rings is 3. The third-order valence-corrected chi connectivity index (χ3v) is 7.64. The topological polar surface area (TPSA) is 93.2 Å². The lowest BCUT2D eigenvalue weighted by Crippen LogP contribution is -2.12. The highest BCUT2D eigenvalue weighted by Crippen LogP contribution is 2.31. The smallest absolute Gasteiger partial charge is 0.257 e. The molecule has 0 atom stereocenters. The van der Waals surface area contributed by atoms with E-state index in [0.717, 1.165) is 16.9 Å². The van der Waals surface area contributed by atoms with Crippen LogP contribution < -0.4 is 5.32 Å². The van der Waals surface area contributed by atoms with Crippen LogP contribution >= 0.6 is 11.3 Å². The van der Waals surface area contributed by atoms with Gasteiger partial charge in [-0.25, -0.2) is 13.4 Å². The maximum Gasteiger partial charge on any atom is 0.257 e. The van der Waals surface area contributed by atoms with E-state index in [9.17, 15) is 18.0 Å². The number of ketones is 1. The molecule has 8 heteroatoms. The Morgan fingerprint density at radius 2 is 1.58 bits per heavy atom. The lowest BCUT2D eigenvalue weighted by Gasteiger charge is -2.07. The summed E-state index contributed by atoms with van der Waals surface area (Å²) < 4.78 is 25.3. The van der Waals surface area contributed by atoms with Crippen LogP contribution in [0, 0.1) is 0 Å². The van der Waals surface area contributed by atoms with E-state index >= 15 is 0 Å². The van der Waals surface area contributed by atoms with E-state index in [2.05, 4.69) is 10.3 Å².